The summed E-state index contributed by atoms with van der Waals surface area (Å²) in [6.45, 7) is -2.54. The summed E-state index contributed by atoms with van der Waals surface area (Å²) < 4.78 is 45.3. The van der Waals surface area contributed by atoms with Gasteiger partial charge in [0.2, 0.25) is 0 Å². The molecule has 0 unspecified atom stereocenters. The van der Waals surface area contributed by atoms with Crippen molar-refractivity contribution in [2.45, 2.75) is 50.5 Å². The molecule has 0 aliphatic carbocycles. The standard InChI is InChI=1S/C21H20F3N3O/c22-17-8-12(4-5-13(17)10-25)16-3-1-2-14(20(16)28-21(23)24)11-27-15-6-7-19(27)18(26)9-15/h1-5,8,15,18-19,21H,6-7,9,11,26H2/t15-,18+,19+/m1/s1. The molecule has 0 radical (unpaired) electrons. The zero-order valence-corrected chi connectivity index (χ0v) is 15.1. The van der Waals surface area contributed by atoms with Gasteiger partial charge in [0.05, 0.1) is 5.56 Å². The van der Waals surface area contributed by atoms with Gasteiger partial charge in [0.25, 0.3) is 0 Å². The molecule has 4 rings (SSSR count). The number of ether oxygens (including phenoxy) is 1. The van der Waals surface area contributed by atoms with E-state index >= 15 is 0 Å². The van der Waals surface area contributed by atoms with Gasteiger partial charge >= 0.3 is 6.61 Å². The minimum atomic E-state index is -3.00. The third kappa shape index (κ3) is 3.34. The molecule has 7 heteroatoms. The highest BCUT2D eigenvalue weighted by Gasteiger charge is 2.44. The number of rotatable bonds is 5. The van der Waals surface area contributed by atoms with Crippen LogP contribution >= 0.6 is 0 Å². The Morgan fingerprint density at radius 1 is 1.25 bits per heavy atom. The summed E-state index contributed by atoms with van der Waals surface area (Å²) >= 11 is 0. The van der Waals surface area contributed by atoms with Crippen LogP contribution in [0.4, 0.5) is 13.2 Å². The van der Waals surface area contributed by atoms with E-state index in [0.29, 0.717) is 29.3 Å². The second-order valence-corrected chi connectivity index (χ2v) is 7.35. The molecule has 3 atom stereocenters. The Bertz CT molecular complexity index is 928. The van der Waals surface area contributed by atoms with Crippen molar-refractivity contribution < 1.29 is 17.9 Å². The fraction of sp³-hybridized carbons (Fsp3) is 0.381. The minimum absolute atomic E-state index is 0.0430. The van der Waals surface area contributed by atoms with Crippen LogP contribution in [0.25, 0.3) is 11.1 Å². The molecule has 4 nitrogen and oxygen atoms in total. The molecule has 0 saturated carbocycles. The Morgan fingerprint density at radius 2 is 2.07 bits per heavy atom. The van der Waals surface area contributed by atoms with Crippen LogP contribution in [-0.4, -0.2) is 29.6 Å². The summed E-state index contributed by atoms with van der Waals surface area (Å²) in [6.07, 6.45) is 2.98. The first-order valence-electron chi connectivity index (χ1n) is 9.26. The molecule has 0 spiro atoms. The normalized spacial score (nSPS) is 23.9. The molecule has 2 N–H and O–H groups in total. The van der Waals surface area contributed by atoms with Crippen molar-refractivity contribution in [1.29, 1.82) is 5.26 Å². The Morgan fingerprint density at radius 3 is 2.68 bits per heavy atom. The maximum Gasteiger partial charge on any atom is 0.387 e. The molecule has 0 amide bonds. The van der Waals surface area contributed by atoms with Crippen LogP contribution < -0.4 is 10.5 Å². The molecule has 28 heavy (non-hydrogen) atoms. The lowest BCUT2D eigenvalue weighted by atomic mass is 9.96. The van der Waals surface area contributed by atoms with Crippen molar-refractivity contribution >= 4 is 0 Å². The van der Waals surface area contributed by atoms with Gasteiger partial charge in [-0.15, -0.1) is 0 Å². The van der Waals surface area contributed by atoms with Crippen LogP contribution in [-0.2, 0) is 6.54 Å². The van der Waals surface area contributed by atoms with E-state index in [1.165, 1.54) is 18.2 Å². The Labute approximate surface area is 161 Å². The lowest BCUT2D eigenvalue weighted by molar-refractivity contribution is -0.0504. The van der Waals surface area contributed by atoms with E-state index in [2.05, 4.69) is 4.90 Å². The van der Waals surface area contributed by atoms with Gasteiger partial charge in [0.1, 0.15) is 17.6 Å². The first-order valence-corrected chi connectivity index (χ1v) is 9.26. The summed E-state index contributed by atoms with van der Waals surface area (Å²) in [5.74, 6) is -0.654. The Hall–Kier alpha value is -2.56. The number of benzene rings is 2. The maximum absolute atomic E-state index is 14.1. The Kier molecular flexibility index (Phi) is 5.00. The van der Waals surface area contributed by atoms with Crippen molar-refractivity contribution in [3.8, 4) is 22.9 Å². The molecule has 0 aromatic heterocycles. The van der Waals surface area contributed by atoms with Gasteiger partial charge < -0.3 is 10.5 Å². The van der Waals surface area contributed by atoms with Crippen molar-refractivity contribution in [3.63, 3.8) is 0 Å². The quantitative estimate of drug-likeness (QED) is 0.842. The summed E-state index contributed by atoms with van der Waals surface area (Å²) in [6, 6.07) is 11.6. The first-order chi connectivity index (χ1) is 13.5. The highest BCUT2D eigenvalue weighted by atomic mass is 19.3. The summed E-state index contributed by atoms with van der Waals surface area (Å²) in [5, 5.41) is 8.90. The Balaban J connectivity index is 1.73. The highest BCUT2D eigenvalue weighted by molar-refractivity contribution is 5.73. The van der Waals surface area contributed by atoms with Crippen LogP contribution in [0.3, 0.4) is 0 Å². The summed E-state index contributed by atoms with van der Waals surface area (Å²) in [4.78, 5) is 2.27. The number of hydrogen-bond donors (Lipinski definition) is 1. The molecule has 2 aliphatic heterocycles. The van der Waals surface area contributed by atoms with E-state index in [4.69, 9.17) is 15.7 Å². The zero-order chi connectivity index (χ0) is 19.8. The van der Waals surface area contributed by atoms with Gasteiger partial charge in [0.15, 0.2) is 0 Å². The molecule has 2 saturated heterocycles. The molecule has 2 fully saturated rings. The second-order valence-electron chi connectivity index (χ2n) is 7.35. The van der Waals surface area contributed by atoms with E-state index in [9.17, 15) is 13.2 Å². The van der Waals surface area contributed by atoms with Gasteiger partial charge in [-0.1, -0.05) is 24.3 Å². The van der Waals surface area contributed by atoms with Gasteiger partial charge in [-0.05, 0) is 37.0 Å². The summed E-state index contributed by atoms with van der Waals surface area (Å²) in [7, 11) is 0. The van der Waals surface area contributed by atoms with Crippen LogP contribution in [0.1, 0.15) is 30.4 Å². The number of halogens is 3. The largest absolute Gasteiger partial charge is 0.434 e. The van der Waals surface area contributed by atoms with Crippen molar-refractivity contribution in [2.24, 2.45) is 5.73 Å². The van der Waals surface area contributed by atoms with E-state index in [1.807, 2.05) is 0 Å². The van der Waals surface area contributed by atoms with Gasteiger partial charge in [-0.25, -0.2) is 4.39 Å². The van der Waals surface area contributed by atoms with Gasteiger partial charge in [0, 0.05) is 35.8 Å². The minimum Gasteiger partial charge on any atom is -0.434 e. The molecular weight excluding hydrogens is 367 g/mol. The highest BCUT2D eigenvalue weighted by Crippen LogP contribution is 2.41. The fourth-order valence-electron chi connectivity index (χ4n) is 4.53. The predicted molar refractivity (Wildman–Crippen MR) is 98.1 cm³/mol. The fourth-order valence-corrected chi connectivity index (χ4v) is 4.53. The molecule has 2 bridgehead atoms. The van der Waals surface area contributed by atoms with E-state index in [-0.39, 0.29) is 23.4 Å². The molecule has 2 heterocycles. The average Bonchev–Trinajstić information content (AvgIpc) is 3.18. The number of hydrogen-bond acceptors (Lipinski definition) is 4. The zero-order valence-electron chi connectivity index (χ0n) is 15.1. The van der Waals surface area contributed by atoms with Crippen molar-refractivity contribution in [3.05, 3.63) is 53.3 Å². The molecule has 2 aliphatic rings. The first kappa shape index (κ1) is 18.8. The van der Waals surface area contributed by atoms with Crippen LogP contribution in [0.5, 0.6) is 5.75 Å². The predicted octanol–water partition coefficient (Wildman–Crippen LogP) is 4.03. The average molecular weight is 387 g/mol. The van der Waals surface area contributed by atoms with E-state index < -0.39 is 12.4 Å². The monoisotopic (exact) mass is 387 g/mol. The number of nitrogens with two attached hydrogens (primary N) is 1. The lowest BCUT2D eigenvalue weighted by Crippen LogP contribution is -2.36. The second kappa shape index (κ2) is 7.46. The van der Waals surface area contributed by atoms with Crippen LogP contribution in [0.15, 0.2) is 36.4 Å². The smallest absolute Gasteiger partial charge is 0.387 e. The number of alkyl halides is 2. The number of nitrogens with zero attached hydrogens (tertiary/aromatic N) is 2. The van der Waals surface area contributed by atoms with E-state index in [1.54, 1.807) is 24.3 Å². The SMILES string of the molecule is N#Cc1ccc(-c2cccc(CN3[C@@H]4CC[C@H]3[C@@H](N)C4)c2OC(F)F)cc1F. The molecule has 2 aromatic carbocycles. The number of para-hydroxylation sites is 1. The third-order valence-electron chi connectivity index (χ3n) is 5.79. The molecule has 146 valence electrons. The van der Waals surface area contributed by atoms with Crippen molar-refractivity contribution in [2.75, 3.05) is 0 Å². The maximum atomic E-state index is 14.1. The topological polar surface area (TPSA) is 62.3 Å². The number of fused-ring (bicyclic) bond motifs is 2. The van der Waals surface area contributed by atoms with Crippen LogP contribution in [0.2, 0.25) is 0 Å². The molecule has 2 aromatic rings. The van der Waals surface area contributed by atoms with E-state index in [0.717, 1.165) is 19.3 Å². The summed E-state index contributed by atoms with van der Waals surface area (Å²) in [5.41, 5.74) is 7.46. The third-order valence-corrected chi connectivity index (χ3v) is 5.79. The van der Waals surface area contributed by atoms with Gasteiger partial charge in [-0.3, -0.25) is 4.90 Å². The number of nitriles is 1. The lowest BCUT2D eigenvalue weighted by Gasteiger charge is -2.25. The van der Waals surface area contributed by atoms with Crippen molar-refractivity contribution in [1.82, 2.24) is 4.90 Å². The molecular formula is C21H20F3N3O. The van der Waals surface area contributed by atoms with Gasteiger partial charge in [-0.2, -0.15) is 14.0 Å². The van der Waals surface area contributed by atoms with Crippen LogP contribution in [0, 0.1) is 17.1 Å².